The van der Waals surface area contributed by atoms with Crippen molar-refractivity contribution in [2.75, 3.05) is 13.6 Å². The SMILES string of the molecule is CC(C#N)CN(C)C(=O)C1CCCCC1. The lowest BCUT2D eigenvalue weighted by molar-refractivity contribution is -0.135. The van der Waals surface area contributed by atoms with Gasteiger partial charge in [-0.05, 0) is 19.8 Å². The number of carbonyl (C=O) groups excluding carboxylic acids is 1. The van der Waals surface area contributed by atoms with E-state index < -0.39 is 0 Å². The quantitative estimate of drug-likeness (QED) is 0.713. The van der Waals surface area contributed by atoms with E-state index in [1.807, 2.05) is 14.0 Å². The largest absolute Gasteiger partial charge is 0.344 e. The van der Waals surface area contributed by atoms with Gasteiger partial charge in [0.1, 0.15) is 0 Å². The number of amides is 1. The van der Waals surface area contributed by atoms with Gasteiger partial charge < -0.3 is 4.90 Å². The molecule has 0 N–H and O–H groups in total. The molecule has 1 saturated carbocycles. The van der Waals surface area contributed by atoms with Crippen molar-refractivity contribution in [2.24, 2.45) is 11.8 Å². The Labute approximate surface area is 92.1 Å². The van der Waals surface area contributed by atoms with Crippen LogP contribution in [0.1, 0.15) is 39.0 Å². The van der Waals surface area contributed by atoms with Crippen molar-refractivity contribution < 1.29 is 4.79 Å². The first-order valence-corrected chi connectivity index (χ1v) is 5.79. The monoisotopic (exact) mass is 208 g/mol. The van der Waals surface area contributed by atoms with Crippen LogP contribution in [-0.2, 0) is 4.79 Å². The molecule has 15 heavy (non-hydrogen) atoms. The van der Waals surface area contributed by atoms with E-state index in [2.05, 4.69) is 6.07 Å². The number of nitriles is 1. The molecule has 0 aromatic carbocycles. The number of rotatable bonds is 3. The predicted octanol–water partition coefficient (Wildman–Crippen LogP) is 2.18. The van der Waals surface area contributed by atoms with Gasteiger partial charge in [0, 0.05) is 19.5 Å². The topological polar surface area (TPSA) is 44.1 Å². The molecule has 1 aliphatic carbocycles. The molecule has 0 saturated heterocycles. The molecular formula is C12H20N2O. The third-order valence-electron chi connectivity index (χ3n) is 3.10. The first-order valence-electron chi connectivity index (χ1n) is 5.79. The first-order chi connectivity index (χ1) is 7.15. The fourth-order valence-corrected chi connectivity index (χ4v) is 2.20. The average molecular weight is 208 g/mol. The Bertz CT molecular complexity index is 251. The van der Waals surface area contributed by atoms with Gasteiger partial charge >= 0.3 is 0 Å². The molecule has 0 heterocycles. The van der Waals surface area contributed by atoms with Crippen molar-refractivity contribution >= 4 is 5.91 Å². The number of carbonyl (C=O) groups is 1. The second kappa shape index (κ2) is 5.75. The fourth-order valence-electron chi connectivity index (χ4n) is 2.20. The van der Waals surface area contributed by atoms with E-state index >= 15 is 0 Å². The van der Waals surface area contributed by atoms with E-state index in [0.717, 1.165) is 12.8 Å². The molecule has 1 aliphatic rings. The van der Waals surface area contributed by atoms with E-state index in [0.29, 0.717) is 6.54 Å². The first kappa shape index (κ1) is 12.0. The Morgan fingerprint density at radius 3 is 2.60 bits per heavy atom. The van der Waals surface area contributed by atoms with Crippen molar-refractivity contribution in [1.29, 1.82) is 5.26 Å². The van der Waals surface area contributed by atoms with Crippen molar-refractivity contribution in [2.45, 2.75) is 39.0 Å². The van der Waals surface area contributed by atoms with Crippen LogP contribution in [-0.4, -0.2) is 24.4 Å². The number of hydrogen-bond donors (Lipinski definition) is 0. The molecule has 1 unspecified atom stereocenters. The molecule has 1 fully saturated rings. The molecule has 3 nitrogen and oxygen atoms in total. The Morgan fingerprint density at radius 2 is 2.07 bits per heavy atom. The summed E-state index contributed by atoms with van der Waals surface area (Å²) >= 11 is 0. The minimum absolute atomic E-state index is 0.0671. The van der Waals surface area contributed by atoms with E-state index in [4.69, 9.17) is 5.26 Å². The van der Waals surface area contributed by atoms with Crippen LogP contribution < -0.4 is 0 Å². The van der Waals surface area contributed by atoms with Gasteiger partial charge in [-0.15, -0.1) is 0 Å². The Hall–Kier alpha value is -1.04. The predicted molar refractivity (Wildman–Crippen MR) is 59.0 cm³/mol. The average Bonchev–Trinajstić information content (AvgIpc) is 2.29. The molecule has 0 bridgehead atoms. The normalized spacial score (nSPS) is 19.3. The van der Waals surface area contributed by atoms with E-state index in [1.54, 1.807) is 4.90 Å². The van der Waals surface area contributed by atoms with Crippen LogP contribution in [0.5, 0.6) is 0 Å². The summed E-state index contributed by atoms with van der Waals surface area (Å²) in [6, 6.07) is 2.16. The highest BCUT2D eigenvalue weighted by atomic mass is 16.2. The van der Waals surface area contributed by atoms with Crippen LogP contribution in [0.25, 0.3) is 0 Å². The third-order valence-corrected chi connectivity index (χ3v) is 3.10. The highest BCUT2D eigenvalue weighted by Gasteiger charge is 2.24. The summed E-state index contributed by atoms with van der Waals surface area (Å²) in [5, 5.41) is 8.69. The lowest BCUT2D eigenvalue weighted by atomic mass is 9.88. The number of nitrogens with zero attached hydrogens (tertiary/aromatic N) is 2. The highest BCUT2D eigenvalue weighted by molar-refractivity contribution is 5.78. The Morgan fingerprint density at radius 1 is 1.47 bits per heavy atom. The summed E-state index contributed by atoms with van der Waals surface area (Å²) in [7, 11) is 1.81. The third kappa shape index (κ3) is 3.54. The van der Waals surface area contributed by atoms with E-state index in [1.165, 1.54) is 19.3 Å². The minimum Gasteiger partial charge on any atom is -0.344 e. The molecule has 3 heteroatoms. The Kier molecular flexibility index (Phi) is 4.61. The smallest absolute Gasteiger partial charge is 0.225 e. The second-order valence-corrected chi connectivity index (χ2v) is 4.58. The van der Waals surface area contributed by atoms with Crippen LogP contribution in [0.2, 0.25) is 0 Å². The maximum absolute atomic E-state index is 12.0. The molecule has 1 amide bonds. The van der Waals surface area contributed by atoms with Crippen LogP contribution >= 0.6 is 0 Å². The van der Waals surface area contributed by atoms with Gasteiger partial charge in [-0.25, -0.2) is 0 Å². The minimum atomic E-state index is -0.0671. The second-order valence-electron chi connectivity index (χ2n) is 4.58. The van der Waals surface area contributed by atoms with Gasteiger partial charge in [0.25, 0.3) is 0 Å². The summed E-state index contributed by atoms with van der Waals surface area (Å²) in [4.78, 5) is 13.7. The van der Waals surface area contributed by atoms with Crippen molar-refractivity contribution in [3.8, 4) is 6.07 Å². The van der Waals surface area contributed by atoms with Gasteiger partial charge in [0.05, 0.1) is 12.0 Å². The highest BCUT2D eigenvalue weighted by Crippen LogP contribution is 2.25. The summed E-state index contributed by atoms with van der Waals surface area (Å²) in [5.74, 6) is 0.383. The molecule has 1 atom stereocenters. The molecule has 0 radical (unpaired) electrons. The molecule has 0 aromatic rings. The maximum Gasteiger partial charge on any atom is 0.225 e. The molecular weight excluding hydrogens is 188 g/mol. The van der Waals surface area contributed by atoms with Gasteiger partial charge in [-0.3, -0.25) is 4.79 Å². The van der Waals surface area contributed by atoms with Gasteiger partial charge in [0.2, 0.25) is 5.91 Å². The molecule has 0 aromatic heterocycles. The summed E-state index contributed by atoms with van der Waals surface area (Å²) < 4.78 is 0. The Balaban J connectivity index is 2.41. The van der Waals surface area contributed by atoms with Gasteiger partial charge in [-0.2, -0.15) is 5.26 Å². The summed E-state index contributed by atoms with van der Waals surface area (Å²) in [6.07, 6.45) is 5.69. The molecule has 1 rings (SSSR count). The summed E-state index contributed by atoms with van der Waals surface area (Å²) in [5.41, 5.74) is 0. The van der Waals surface area contributed by atoms with Crippen molar-refractivity contribution in [3.05, 3.63) is 0 Å². The summed E-state index contributed by atoms with van der Waals surface area (Å²) in [6.45, 7) is 2.41. The van der Waals surface area contributed by atoms with Crippen molar-refractivity contribution in [1.82, 2.24) is 4.90 Å². The van der Waals surface area contributed by atoms with Crippen molar-refractivity contribution in [3.63, 3.8) is 0 Å². The van der Waals surface area contributed by atoms with E-state index in [9.17, 15) is 4.79 Å². The van der Waals surface area contributed by atoms with Crippen LogP contribution in [0.3, 0.4) is 0 Å². The van der Waals surface area contributed by atoms with Crippen LogP contribution in [0, 0.1) is 23.2 Å². The molecule has 0 spiro atoms. The van der Waals surface area contributed by atoms with Gasteiger partial charge in [-0.1, -0.05) is 19.3 Å². The standard InChI is InChI=1S/C12H20N2O/c1-10(8-13)9-14(2)12(15)11-6-4-3-5-7-11/h10-11H,3-7,9H2,1-2H3. The lowest BCUT2D eigenvalue weighted by Gasteiger charge is -2.26. The van der Waals surface area contributed by atoms with E-state index in [-0.39, 0.29) is 17.7 Å². The molecule has 84 valence electrons. The molecule has 0 aliphatic heterocycles. The number of hydrogen-bond acceptors (Lipinski definition) is 2. The fraction of sp³-hybridized carbons (Fsp3) is 0.833. The van der Waals surface area contributed by atoms with Crippen LogP contribution in [0.15, 0.2) is 0 Å². The van der Waals surface area contributed by atoms with Crippen LogP contribution in [0.4, 0.5) is 0 Å². The van der Waals surface area contributed by atoms with Gasteiger partial charge in [0.15, 0.2) is 0 Å². The lowest BCUT2D eigenvalue weighted by Crippen LogP contribution is -2.36. The zero-order valence-electron chi connectivity index (χ0n) is 9.70. The maximum atomic E-state index is 12.0. The zero-order valence-corrected chi connectivity index (χ0v) is 9.70. The zero-order chi connectivity index (χ0) is 11.3.